The molecule has 8 heteroatoms. The van der Waals surface area contributed by atoms with Crippen molar-refractivity contribution in [2.24, 2.45) is 0 Å². The predicted octanol–water partition coefficient (Wildman–Crippen LogP) is 13.1. The van der Waals surface area contributed by atoms with Crippen LogP contribution >= 0.6 is 83.2 Å². The van der Waals surface area contributed by atoms with Gasteiger partial charge in [0, 0.05) is 61.5 Å². The molecule has 0 aliphatic heterocycles. The maximum atomic E-state index is 16.2. The van der Waals surface area contributed by atoms with Crippen molar-refractivity contribution in [1.82, 2.24) is 0 Å². The Balaban J connectivity index is 1.77. The smallest absolute Gasteiger partial charge is 0.151 e. The van der Waals surface area contributed by atoms with Gasteiger partial charge < -0.3 is 0 Å². The highest BCUT2D eigenvalue weighted by Crippen LogP contribution is 2.56. The number of halogens is 1. The number of benzene rings is 1. The molecule has 0 bridgehead atoms. The predicted molar refractivity (Wildman–Crippen MR) is 204 cm³/mol. The van der Waals surface area contributed by atoms with E-state index in [-0.39, 0.29) is 27.5 Å². The molecule has 5 aromatic rings. The number of rotatable bonds is 6. The van der Waals surface area contributed by atoms with Crippen LogP contribution in [0, 0.1) is 5.82 Å². The monoisotopic (exact) mass is 692 g/mol. The van der Waals surface area contributed by atoms with Crippen LogP contribution in [-0.2, 0) is 33.2 Å². The molecule has 0 saturated carbocycles. The number of thiophene rings is 4. The van der Waals surface area contributed by atoms with Gasteiger partial charge in [-0.2, -0.15) is 25.3 Å². The second-order valence-corrected chi connectivity index (χ2v) is 19.7. The van der Waals surface area contributed by atoms with Gasteiger partial charge in [0.05, 0.1) is 9.58 Å². The van der Waals surface area contributed by atoms with Gasteiger partial charge in [0.25, 0.3) is 0 Å². The van der Waals surface area contributed by atoms with Crippen molar-refractivity contribution < 1.29 is 4.39 Å². The van der Waals surface area contributed by atoms with Gasteiger partial charge in [-0.1, -0.05) is 75.8 Å². The van der Waals surface area contributed by atoms with Crippen LogP contribution < -0.4 is 0 Å². The first kappa shape index (κ1) is 32.9. The van der Waals surface area contributed by atoms with Gasteiger partial charge in [-0.05, 0) is 44.9 Å². The summed E-state index contributed by atoms with van der Waals surface area (Å²) < 4.78 is 19.8. The van der Waals surface area contributed by atoms with E-state index >= 15 is 4.39 Å². The molecule has 5 rings (SSSR count). The highest BCUT2D eigenvalue weighted by atomic mass is 32.1. The first-order valence-electron chi connectivity index (χ1n) is 14.1. The van der Waals surface area contributed by atoms with E-state index in [0.29, 0.717) is 21.3 Å². The maximum absolute atomic E-state index is 16.2. The van der Waals surface area contributed by atoms with Gasteiger partial charge in [-0.15, -0.1) is 58.0 Å². The van der Waals surface area contributed by atoms with E-state index in [2.05, 4.69) is 101 Å². The molecule has 4 aromatic heterocycles. The molecule has 0 amide bonds. The van der Waals surface area contributed by atoms with Crippen molar-refractivity contribution in [3.63, 3.8) is 0 Å². The summed E-state index contributed by atoms with van der Waals surface area (Å²) in [6.45, 7) is 26.7. The van der Waals surface area contributed by atoms with E-state index in [1.165, 1.54) is 57.3 Å². The lowest BCUT2D eigenvalue weighted by Crippen LogP contribution is -2.39. The van der Waals surface area contributed by atoms with Crippen molar-refractivity contribution in [2.45, 2.75) is 102 Å². The van der Waals surface area contributed by atoms with Gasteiger partial charge in [0.2, 0.25) is 0 Å². The molecule has 42 heavy (non-hydrogen) atoms. The third-order valence-corrected chi connectivity index (χ3v) is 16.4. The van der Waals surface area contributed by atoms with Crippen LogP contribution in [0.5, 0.6) is 0 Å². The Hall–Kier alpha value is -0.480. The zero-order chi connectivity index (χ0) is 31.3. The molecule has 0 aliphatic carbocycles. The van der Waals surface area contributed by atoms with Gasteiger partial charge in [-0.3, -0.25) is 0 Å². The molecule has 0 atom stereocenters. The van der Waals surface area contributed by atoms with E-state index in [1.807, 2.05) is 22.7 Å². The molecular weight excluding hydrogens is 652 g/mol. The van der Waals surface area contributed by atoms with Gasteiger partial charge in [0.15, 0.2) is 5.82 Å². The van der Waals surface area contributed by atoms with Crippen molar-refractivity contribution >= 4 is 118 Å². The largest absolute Gasteiger partial charge is 0.205 e. The minimum Gasteiger partial charge on any atom is -0.205 e. The maximum Gasteiger partial charge on any atom is 0.151 e. The highest BCUT2D eigenvalue weighted by molar-refractivity contribution is 7.90. The fourth-order valence-electron chi connectivity index (χ4n) is 5.60. The van der Waals surface area contributed by atoms with Crippen LogP contribution in [0.15, 0.2) is 18.7 Å². The Morgan fingerprint density at radius 3 is 1.64 bits per heavy atom. The van der Waals surface area contributed by atoms with Crippen molar-refractivity contribution in [3.8, 4) is 0 Å². The molecule has 0 saturated heterocycles. The van der Waals surface area contributed by atoms with E-state index < -0.39 is 0 Å². The Morgan fingerprint density at radius 2 is 1.19 bits per heavy atom. The van der Waals surface area contributed by atoms with E-state index in [0.717, 1.165) is 15.0 Å². The summed E-state index contributed by atoms with van der Waals surface area (Å²) in [5, 5.41) is 3.35. The molecule has 0 radical (unpaired) electrons. The summed E-state index contributed by atoms with van der Waals surface area (Å²) >= 11 is 21.2. The third kappa shape index (κ3) is 4.98. The van der Waals surface area contributed by atoms with Crippen LogP contribution in [0.4, 0.5) is 4.39 Å². The van der Waals surface area contributed by atoms with Gasteiger partial charge >= 0.3 is 0 Å². The first-order chi connectivity index (χ1) is 19.3. The van der Waals surface area contributed by atoms with Crippen LogP contribution in [0.3, 0.4) is 0 Å². The Labute approximate surface area is 283 Å². The Morgan fingerprint density at radius 1 is 0.690 bits per heavy atom. The lowest BCUT2D eigenvalue weighted by atomic mass is 9.65. The highest BCUT2D eigenvalue weighted by Gasteiger charge is 2.45. The van der Waals surface area contributed by atoms with Crippen molar-refractivity contribution in [3.05, 3.63) is 60.0 Å². The quantitative estimate of drug-likeness (QED) is 0.145. The number of hydrogen-bond donors (Lipinski definition) is 3. The molecule has 0 fully saturated rings. The SMILES string of the molecule is C=C(S)c1sc2c(C(C)(C)C)sc(C(C)(C)C(C)(C)c3cc4c(CS)c5sc(C(C)(C)C)cc5c(CS)c4s3)c2c1F. The van der Waals surface area contributed by atoms with Crippen LogP contribution in [0.2, 0.25) is 0 Å². The summed E-state index contributed by atoms with van der Waals surface area (Å²) in [4.78, 5) is 6.04. The summed E-state index contributed by atoms with van der Waals surface area (Å²) in [6, 6.07) is 4.78. The molecule has 226 valence electrons. The number of thiol groups is 3. The summed E-state index contributed by atoms with van der Waals surface area (Å²) in [7, 11) is 0. The zero-order valence-electron chi connectivity index (χ0n) is 26.1. The van der Waals surface area contributed by atoms with Crippen LogP contribution in [-0.4, -0.2) is 0 Å². The molecule has 4 heterocycles. The zero-order valence-corrected chi connectivity index (χ0v) is 32.1. The minimum atomic E-state index is -0.365. The average molecular weight is 693 g/mol. The average Bonchev–Trinajstić information content (AvgIpc) is 3.63. The van der Waals surface area contributed by atoms with Crippen molar-refractivity contribution in [1.29, 1.82) is 0 Å². The third-order valence-electron chi connectivity index (χ3n) is 8.89. The topological polar surface area (TPSA) is 0 Å². The minimum absolute atomic E-state index is 0.0874. The summed E-state index contributed by atoms with van der Waals surface area (Å²) in [5.41, 5.74) is 1.94. The van der Waals surface area contributed by atoms with Gasteiger partial charge in [-0.25, -0.2) is 4.39 Å². The molecule has 0 spiro atoms. The molecule has 0 nitrogen and oxygen atoms in total. The fourth-order valence-corrected chi connectivity index (χ4v) is 12.5. The summed E-state index contributed by atoms with van der Waals surface area (Å²) in [5.74, 6) is 1.18. The van der Waals surface area contributed by atoms with Crippen molar-refractivity contribution in [2.75, 3.05) is 0 Å². The molecule has 0 N–H and O–H groups in total. The second-order valence-electron chi connectivity index (χ2n) is 14.4. The standard InChI is InChI=1S/C34H41FS7/c1-16(38)25-24(35)23-28(41-25)30(32(5,6)7)42-29(23)34(10,11)33(8,9)22-13-18-20(15-37)26-17(19(14-36)27(18)40-22)12-21(39-26)31(2,3)4/h12-13,36-38H,1,14-15H2,2-11H3. The Bertz CT molecular complexity index is 1800. The van der Waals surface area contributed by atoms with Gasteiger partial charge in [0.1, 0.15) is 0 Å². The van der Waals surface area contributed by atoms with Crippen LogP contribution in [0.1, 0.15) is 105 Å². The normalized spacial score (nSPS) is 13.8. The fraction of sp³-hybridized carbons (Fsp3) is 0.471. The van der Waals surface area contributed by atoms with Crippen LogP contribution in [0.25, 0.3) is 35.2 Å². The lowest BCUT2D eigenvalue weighted by molar-refractivity contribution is 0.316. The number of hydrogen-bond acceptors (Lipinski definition) is 7. The Kier molecular flexibility index (Phi) is 8.47. The molecular formula is C34H41FS7. The molecule has 0 aliphatic rings. The number of fused-ring (bicyclic) bond motifs is 3. The van der Waals surface area contributed by atoms with E-state index in [1.54, 1.807) is 11.3 Å². The first-order valence-corrected chi connectivity index (χ1v) is 19.1. The van der Waals surface area contributed by atoms with E-state index in [9.17, 15) is 0 Å². The lowest BCUT2D eigenvalue weighted by Gasteiger charge is -2.41. The molecule has 0 unspecified atom stereocenters. The second kappa shape index (κ2) is 10.8. The van der Waals surface area contributed by atoms with E-state index in [4.69, 9.17) is 25.3 Å². The summed E-state index contributed by atoms with van der Waals surface area (Å²) in [6.07, 6.45) is 0. The molecule has 1 aromatic carbocycles.